The SMILES string of the molecule is CO[C@@H]1[C@H](O)[C@H](O[C@H]2C(C)O[C@@H](O[C@H]3C(O)O[C@@H](O[C@H]4C(C)O[C@@H](O[C@H]5CC[C@@]6(C)C(=CC[C@@H]7[C@@H]6C[C@@H](OC(=O)c6ccccc6N)[C@]6(C)[C@@H](C(C)=O)CC[C@]76O)C5)C[C@H]4OC)C[C@H]3OC)C[C@H]2OC)OC(C)[C@@H]1O. The van der Waals surface area contributed by atoms with E-state index in [2.05, 4.69) is 13.0 Å². The van der Waals surface area contributed by atoms with E-state index in [0.717, 1.165) is 12.8 Å². The molecule has 7 fully saturated rings. The Morgan fingerprint density at radius 1 is 0.680 bits per heavy atom. The minimum absolute atomic E-state index is 0.00375. The Labute approximate surface area is 440 Å². The van der Waals surface area contributed by atoms with Gasteiger partial charge in [-0.15, -0.1) is 0 Å². The van der Waals surface area contributed by atoms with E-state index in [1.807, 2.05) is 13.8 Å². The van der Waals surface area contributed by atoms with Crippen LogP contribution in [0.15, 0.2) is 35.9 Å². The molecule has 4 unspecified atom stereocenters. The van der Waals surface area contributed by atoms with Gasteiger partial charge in [0.1, 0.15) is 48.5 Å². The third kappa shape index (κ3) is 10.5. The molecule has 0 radical (unpaired) electrons. The minimum Gasteiger partial charge on any atom is -0.458 e. The maximum atomic E-state index is 13.8. The molecule has 20 nitrogen and oxygen atoms in total. The van der Waals surface area contributed by atoms with Gasteiger partial charge in [0.2, 0.25) is 0 Å². The second-order valence-electron chi connectivity index (χ2n) is 22.9. The summed E-state index contributed by atoms with van der Waals surface area (Å²) in [5, 5.41) is 45.7. The molecule has 4 heterocycles. The number of benzene rings is 1. The number of aliphatic hydroxyl groups is 4. The van der Waals surface area contributed by atoms with Gasteiger partial charge in [0, 0.05) is 64.7 Å². The van der Waals surface area contributed by atoms with Crippen LogP contribution in [0, 0.1) is 28.6 Å². The zero-order valence-electron chi connectivity index (χ0n) is 45.1. The predicted molar refractivity (Wildman–Crippen MR) is 265 cm³/mol. The Hall–Kier alpha value is -2.74. The molecule has 25 atom stereocenters. The fraction of sp³-hybridized carbons (Fsp3) is 0.818. The lowest BCUT2D eigenvalue weighted by atomic mass is 9.45. The first-order valence-electron chi connectivity index (χ1n) is 27.1. The van der Waals surface area contributed by atoms with Crippen LogP contribution < -0.4 is 5.73 Å². The molecular weight excluding hydrogens is 979 g/mol. The number of carbonyl (C=O) groups is 2. The first-order valence-corrected chi connectivity index (χ1v) is 27.1. The average Bonchev–Trinajstić information content (AvgIpc) is 3.67. The van der Waals surface area contributed by atoms with Gasteiger partial charge in [0.05, 0.1) is 53.9 Å². The number of fused-ring (bicyclic) bond motifs is 5. The summed E-state index contributed by atoms with van der Waals surface area (Å²) < 4.78 is 79.9. The Bertz CT molecular complexity index is 2190. The van der Waals surface area contributed by atoms with Gasteiger partial charge >= 0.3 is 5.97 Å². The molecule has 0 amide bonds. The Morgan fingerprint density at radius 3 is 1.91 bits per heavy atom. The highest BCUT2D eigenvalue weighted by atomic mass is 16.8. The number of methoxy groups -OCH3 is 4. The molecule has 4 aliphatic carbocycles. The topological polar surface area (TPSA) is 261 Å². The second kappa shape index (κ2) is 22.8. The first kappa shape index (κ1) is 57.0. The Balaban J connectivity index is 0.797. The summed E-state index contributed by atoms with van der Waals surface area (Å²) in [7, 11) is 6.08. The van der Waals surface area contributed by atoms with Gasteiger partial charge in [-0.25, -0.2) is 4.79 Å². The normalized spacial score (nSPS) is 47.9. The Kier molecular flexibility index (Phi) is 17.3. The van der Waals surface area contributed by atoms with E-state index in [9.17, 15) is 30.0 Å². The van der Waals surface area contributed by atoms with Gasteiger partial charge in [-0.05, 0) is 102 Å². The number of ether oxygens (including phenoxy) is 13. The number of nitrogen functional groups attached to an aromatic ring is 1. The van der Waals surface area contributed by atoms with E-state index in [4.69, 9.17) is 67.3 Å². The van der Waals surface area contributed by atoms with Gasteiger partial charge < -0.3 is 87.7 Å². The van der Waals surface area contributed by atoms with Crippen molar-refractivity contribution in [3.05, 3.63) is 41.5 Å². The minimum atomic E-state index is -1.46. The van der Waals surface area contributed by atoms with Crippen LogP contribution >= 0.6 is 0 Å². The second-order valence-corrected chi connectivity index (χ2v) is 22.9. The van der Waals surface area contributed by atoms with Gasteiger partial charge in [-0.1, -0.05) is 37.6 Å². The first-order chi connectivity index (χ1) is 35.7. The lowest BCUT2D eigenvalue weighted by Crippen LogP contribution is -2.66. The number of Topliss-reactive ketones (excluding diaryl/α,β-unsaturated/α-hetero) is 1. The van der Waals surface area contributed by atoms with Crippen LogP contribution in [0.5, 0.6) is 0 Å². The number of rotatable bonds is 15. The van der Waals surface area contributed by atoms with Crippen molar-refractivity contribution in [2.24, 2.45) is 28.6 Å². The number of hydrogen-bond acceptors (Lipinski definition) is 20. The van der Waals surface area contributed by atoms with Gasteiger partial charge in [0.25, 0.3) is 0 Å². The smallest absolute Gasteiger partial charge is 0.340 e. The van der Waals surface area contributed by atoms with E-state index < -0.39 is 134 Å². The third-order valence-electron chi connectivity index (χ3n) is 19.1. The maximum absolute atomic E-state index is 13.8. The molecule has 0 aromatic heterocycles. The summed E-state index contributed by atoms with van der Waals surface area (Å²) in [5.74, 6) is -1.14. The van der Waals surface area contributed by atoms with Crippen molar-refractivity contribution in [2.75, 3.05) is 34.2 Å². The van der Waals surface area contributed by atoms with Crippen molar-refractivity contribution in [2.45, 2.75) is 228 Å². The molecule has 20 heteroatoms. The van der Waals surface area contributed by atoms with Crippen molar-refractivity contribution in [1.82, 2.24) is 0 Å². The molecule has 4 aliphatic heterocycles. The highest BCUT2D eigenvalue weighted by Crippen LogP contribution is 2.69. The van der Waals surface area contributed by atoms with Crippen LogP contribution in [0.25, 0.3) is 0 Å². The molecule has 0 spiro atoms. The number of esters is 1. The van der Waals surface area contributed by atoms with E-state index >= 15 is 0 Å². The van der Waals surface area contributed by atoms with Gasteiger partial charge in [-0.2, -0.15) is 0 Å². The lowest BCUT2D eigenvalue weighted by Gasteiger charge is -2.63. The highest BCUT2D eigenvalue weighted by Gasteiger charge is 2.71. The predicted octanol–water partition coefficient (Wildman–Crippen LogP) is 4.09. The van der Waals surface area contributed by atoms with Crippen LogP contribution in [-0.4, -0.2) is 183 Å². The molecule has 4 saturated heterocycles. The number of hydrogen-bond donors (Lipinski definition) is 5. The zero-order valence-corrected chi connectivity index (χ0v) is 45.1. The number of ketones is 1. The number of para-hydroxylation sites is 1. The van der Waals surface area contributed by atoms with Crippen molar-refractivity contribution in [3.63, 3.8) is 0 Å². The fourth-order valence-corrected chi connectivity index (χ4v) is 14.8. The van der Waals surface area contributed by atoms with E-state index in [1.165, 1.54) is 26.9 Å². The zero-order chi connectivity index (χ0) is 53.9. The summed E-state index contributed by atoms with van der Waals surface area (Å²) in [6.07, 6.45) is -7.28. The quantitative estimate of drug-likeness (QED) is 0.0941. The molecule has 0 bridgehead atoms. The standard InChI is InChI=1S/C55H83NO19/c1-26(57)33-18-20-55(62)34-16-15-30-21-31(17-19-53(30,5)35(34)22-40(54(33,55)6)71-50(60)32-13-11-12-14-36(32)56)70-41-23-37(63-7)46(28(3)67-41)72-43-25-39(65-9)48(51(61)74-43)73-42-24-38(64-8)47(29(4)68-42)75-52-45(59)49(66-10)44(58)27(2)69-52/h11-15,27-29,31,33-35,37-49,51-52,58-59,61-62H,16-25,56H2,1-10H3/t27?,28?,29?,31-,33+,34+,35-,37+,38+,39+,40+,41-,42-,43+,44-,45-,46-,47-,48+,49-,51?,52-,53-,54-,55-/m0/s1. The largest absolute Gasteiger partial charge is 0.458 e. The van der Waals surface area contributed by atoms with Crippen LogP contribution in [0.1, 0.15) is 116 Å². The number of allylic oxidation sites excluding steroid dienone is 1. The molecule has 9 rings (SSSR count). The molecular formula is C55H83NO19. The molecule has 3 saturated carbocycles. The van der Waals surface area contributed by atoms with Crippen molar-refractivity contribution in [3.8, 4) is 0 Å². The van der Waals surface area contributed by atoms with Gasteiger partial charge in [-0.3, -0.25) is 4.79 Å². The summed E-state index contributed by atoms with van der Waals surface area (Å²) in [4.78, 5) is 27.1. The molecule has 8 aliphatic rings. The van der Waals surface area contributed by atoms with Crippen LogP contribution in [0.2, 0.25) is 0 Å². The molecule has 1 aromatic rings. The third-order valence-corrected chi connectivity index (χ3v) is 19.1. The van der Waals surface area contributed by atoms with Crippen molar-refractivity contribution in [1.29, 1.82) is 0 Å². The van der Waals surface area contributed by atoms with Crippen LogP contribution in [0.4, 0.5) is 5.69 Å². The molecule has 6 N–H and O–H groups in total. The van der Waals surface area contributed by atoms with Crippen LogP contribution in [0.3, 0.4) is 0 Å². The van der Waals surface area contributed by atoms with Crippen LogP contribution in [-0.2, 0) is 66.4 Å². The van der Waals surface area contributed by atoms with Gasteiger partial charge in [0.15, 0.2) is 31.5 Å². The number of nitrogens with two attached hydrogens (primary N) is 1. The summed E-state index contributed by atoms with van der Waals surface area (Å²) in [5.41, 5.74) is 5.56. The number of anilines is 1. The van der Waals surface area contributed by atoms with Crippen molar-refractivity contribution >= 4 is 17.4 Å². The highest BCUT2D eigenvalue weighted by molar-refractivity contribution is 5.95. The summed E-state index contributed by atoms with van der Waals surface area (Å²) in [6.45, 7) is 11.2. The fourth-order valence-electron chi connectivity index (χ4n) is 14.8. The number of carbonyl (C=O) groups excluding carboxylic acids is 2. The monoisotopic (exact) mass is 1060 g/mol. The molecule has 75 heavy (non-hydrogen) atoms. The number of aliphatic hydroxyl groups excluding tert-OH is 3. The summed E-state index contributed by atoms with van der Waals surface area (Å²) >= 11 is 0. The summed E-state index contributed by atoms with van der Waals surface area (Å²) in [6, 6.07) is 6.82. The Morgan fingerprint density at radius 2 is 1.28 bits per heavy atom. The molecule has 422 valence electrons. The van der Waals surface area contributed by atoms with E-state index in [1.54, 1.807) is 52.1 Å². The van der Waals surface area contributed by atoms with Crippen molar-refractivity contribution < 1.29 is 91.6 Å². The van der Waals surface area contributed by atoms with E-state index in [0.29, 0.717) is 44.2 Å². The lowest BCUT2D eigenvalue weighted by molar-refractivity contribution is -0.375. The van der Waals surface area contributed by atoms with E-state index in [-0.39, 0.29) is 47.5 Å². The maximum Gasteiger partial charge on any atom is 0.340 e. The average molecular weight is 1060 g/mol. The molecule has 1 aromatic carbocycles.